The molecule has 2 aromatic rings. The van der Waals surface area contributed by atoms with Gasteiger partial charge in [0, 0.05) is 31.4 Å². The Morgan fingerprint density at radius 1 is 1.24 bits per heavy atom. The smallest absolute Gasteiger partial charge is 0.190 e. The lowest BCUT2D eigenvalue weighted by Gasteiger charge is -2.10. The second-order valence-electron chi connectivity index (χ2n) is 5.12. The van der Waals surface area contributed by atoms with Gasteiger partial charge < -0.3 is 9.64 Å². The van der Waals surface area contributed by atoms with Crippen LogP contribution in [-0.2, 0) is 0 Å². The highest BCUT2D eigenvalue weighted by atomic mass is 79.9. The van der Waals surface area contributed by atoms with Gasteiger partial charge in [0.05, 0.1) is 11.6 Å². The van der Waals surface area contributed by atoms with Crippen LogP contribution in [0.1, 0.15) is 17.3 Å². The molecule has 0 aliphatic carbocycles. The van der Waals surface area contributed by atoms with Crippen LogP contribution < -0.4 is 4.74 Å². The highest BCUT2D eigenvalue weighted by molar-refractivity contribution is 9.10. The maximum absolute atomic E-state index is 12.4. The van der Waals surface area contributed by atoms with Crippen LogP contribution in [0.4, 0.5) is 0 Å². The summed E-state index contributed by atoms with van der Waals surface area (Å²) in [5.41, 5.74) is 1.40. The van der Waals surface area contributed by atoms with Gasteiger partial charge in [-0.2, -0.15) is 0 Å². The number of carbonyl (C=O) groups is 1. The monoisotopic (exact) mass is 347 g/mol. The number of ketones is 1. The third-order valence-electron chi connectivity index (χ3n) is 3.21. The highest BCUT2D eigenvalue weighted by Crippen LogP contribution is 2.33. The molecular weight excluding hydrogens is 330 g/mol. The summed E-state index contributed by atoms with van der Waals surface area (Å²) in [4.78, 5) is 14.3. The minimum absolute atomic E-state index is 0.0394. The summed E-state index contributed by atoms with van der Waals surface area (Å²) >= 11 is 3.54. The third-order valence-corrected chi connectivity index (χ3v) is 4.03. The fraction of sp³-hybridized carbons (Fsp3) is 0.235. The molecule has 3 nitrogen and oxygen atoms in total. The average molecular weight is 348 g/mol. The fourth-order valence-corrected chi connectivity index (χ4v) is 2.90. The first-order valence-electron chi connectivity index (χ1n) is 6.60. The molecule has 0 radical (unpaired) electrons. The molecule has 21 heavy (non-hydrogen) atoms. The van der Waals surface area contributed by atoms with Crippen LogP contribution in [-0.4, -0.2) is 31.9 Å². The molecular formula is C17H18BrNO2. The van der Waals surface area contributed by atoms with Crippen molar-refractivity contribution in [2.75, 3.05) is 21.2 Å². The summed E-state index contributed by atoms with van der Waals surface area (Å²) in [7, 11) is 5.44. The molecule has 0 saturated carbocycles. The number of fused-ring (bicyclic) bond motifs is 1. The standard InChI is InChI=1S/C17H18BrNO2/c1-11(10-19(2)3)17(20)13-5-7-14-12(9-13)6-8-15(21-4)16(14)18/h5-10H,1-4H3/b11-10+. The molecule has 0 aliphatic heterocycles. The van der Waals surface area contributed by atoms with E-state index in [1.807, 2.05) is 62.5 Å². The van der Waals surface area contributed by atoms with Crippen LogP contribution >= 0.6 is 15.9 Å². The summed E-state index contributed by atoms with van der Waals surface area (Å²) in [6, 6.07) is 9.55. The van der Waals surface area contributed by atoms with Crippen molar-refractivity contribution in [1.82, 2.24) is 4.90 Å². The van der Waals surface area contributed by atoms with Crippen molar-refractivity contribution in [3.63, 3.8) is 0 Å². The molecule has 0 N–H and O–H groups in total. The molecule has 2 aromatic carbocycles. The molecule has 0 unspecified atom stereocenters. The molecule has 0 spiro atoms. The Morgan fingerprint density at radius 2 is 1.95 bits per heavy atom. The van der Waals surface area contributed by atoms with Crippen molar-refractivity contribution in [3.8, 4) is 5.75 Å². The van der Waals surface area contributed by atoms with Crippen molar-refractivity contribution in [3.05, 3.63) is 52.1 Å². The Bertz CT molecular complexity index is 720. The number of halogens is 1. The summed E-state index contributed by atoms with van der Waals surface area (Å²) in [6.07, 6.45) is 1.83. The highest BCUT2D eigenvalue weighted by Gasteiger charge is 2.11. The van der Waals surface area contributed by atoms with E-state index in [2.05, 4.69) is 15.9 Å². The molecule has 4 heteroatoms. The zero-order chi connectivity index (χ0) is 15.6. The van der Waals surface area contributed by atoms with Gasteiger partial charge in [-0.3, -0.25) is 4.79 Å². The number of rotatable bonds is 4. The van der Waals surface area contributed by atoms with Crippen molar-refractivity contribution in [1.29, 1.82) is 0 Å². The zero-order valence-corrected chi connectivity index (χ0v) is 14.2. The molecule has 2 rings (SSSR count). The van der Waals surface area contributed by atoms with Crippen LogP contribution in [0.15, 0.2) is 46.6 Å². The van der Waals surface area contributed by atoms with Crippen LogP contribution in [0.25, 0.3) is 10.8 Å². The Balaban J connectivity index is 2.47. The van der Waals surface area contributed by atoms with Crippen LogP contribution in [0, 0.1) is 0 Å². The van der Waals surface area contributed by atoms with E-state index in [4.69, 9.17) is 4.74 Å². The number of methoxy groups -OCH3 is 1. The van der Waals surface area contributed by atoms with E-state index in [1.54, 1.807) is 7.11 Å². The van der Waals surface area contributed by atoms with Gasteiger partial charge in [0.2, 0.25) is 0 Å². The summed E-state index contributed by atoms with van der Waals surface area (Å²) in [5.74, 6) is 0.822. The van der Waals surface area contributed by atoms with E-state index < -0.39 is 0 Å². The fourth-order valence-electron chi connectivity index (χ4n) is 2.24. The van der Waals surface area contributed by atoms with Crippen LogP contribution in [0.5, 0.6) is 5.75 Å². The maximum Gasteiger partial charge on any atom is 0.190 e. The predicted molar refractivity (Wildman–Crippen MR) is 90.0 cm³/mol. The van der Waals surface area contributed by atoms with Gasteiger partial charge >= 0.3 is 0 Å². The lowest BCUT2D eigenvalue weighted by Crippen LogP contribution is -2.07. The molecule has 0 fully saturated rings. The molecule has 0 atom stereocenters. The van der Waals surface area contributed by atoms with Crippen molar-refractivity contribution in [2.24, 2.45) is 0 Å². The number of ether oxygens (including phenoxy) is 1. The normalized spacial score (nSPS) is 11.6. The van der Waals surface area contributed by atoms with Gasteiger partial charge in [-0.15, -0.1) is 0 Å². The molecule has 0 aromatic heterocycles. The molecule has 110 valence electrons. The quantitative estimate of drug-likeness (QED) is 0.611. The number of nitrogens with zero attached hydrogens (tertiary/aromatic N) is 1. The van der Waals surface area contributed by atoms with Gasteiger partial charge in [-0.1, -0.05) is 18.2 Å². The lowest BCUT2D eigenvalue weighted by molar-refractivity contribution is 0.103. The van der Waals surface area contributed by atoms with E-state index in [1.165, 1.54) is 0 Å². The van der Waals surface area contributed by atoms with Gasteiger partial charge in [0.1, 0.15) is 5.75 Å². The Labute approximate surface area is 133 Å². The topological polar surface area (TPSA) is 29.5 Å². The Kier molecular flexibility index (Phi) is 4.68. The molecule has 0 saturated heterocycles. The number of carbonyl (C=O) groups excluding carboxylic acids is 1. The van der Waals surface area contributed by atoms with Crippen LogP contribution in [0.3, 0.4) is 0 Å². The van der Waals surface area contributed by atoms with Crippen LogP contribution in [0.2, 0.25) is 0 Å². The van der Waals surface area contributed by atoms with Gasteiger partial charge in [-0.25, -0.2) is 0 Å². The summed E-state index contributed by atoms with van der Waals surface area (Å²) < 4.78 is 6.19. The van der Waals surface area contributed by atoms with Gasteiger partial charge in [0.15, 0.2) is 5.78 Å². The summed E-state index contributed by atoms with van der Waals surface area (Å²) in [5, 5.41) is 2.03. The minimum atomic E-state index is 0.0394. The maximum atomic E-state index is 12.4. The predicted octanol–water partition coefficient (Wildman–Crippen LogP) is 4.26. The van der Waals surface area contributed by atoms with E-state index in [0.717, 1.165) is 21.0 Å². The number of hydrogen-bond acceptors (Lipinski definition) is 3. The van der Waals surface area contributed by atoms with E-state index in [9.17, 15) is 4.79 Å². The van der Waals surface area contributed by atoms with Gasteiger partial charge in [0.25, 0.3) is 0 Å². The molecule has 0 aliphatic rings. The SMILES string of the molecule is COc1ccc2cc(C(=O)/C(C)=C/N(C)C)ccc2c1Br. The number of benzene rings is 2. The first kappa shape index (κ1) is 15.6. The minimum Gasteiger partial charge on any atom is -0.496 e. The Morgan fingerprint density at radius 3 is 2.57 bits per heavy atom. The molecule has 0 bridgehead atoms. The number of allylic oxidation sites excluding steroid dienone is 1. The number of hydrogen-bond donors (Lipinski definition) is 0. The van der Waals surface area contributed by atoms with E-state index in [-0.39, 0.29) is 5.78 Å². The third kappa shape index (κ3) is 3.27. The van der Waals surface area contributed by atoms with Crippen molar-refractivity contribution >= 4 is 32.5 Å². The Hall–Kier alpha value is -1.81. The van der Waals surface area contributed by atoms with E-state index in [0.29, 0.717) is 11.1 Å². The average Bonchev–Trinajstić information content (AvgIpc) is 2.45. The summed E-state index contributed by atoms with van der Waals surface area (Å²) in [6.45, 7) is 1.83. The van der Waals surface area contributed by atoms with Crippen molar-refractivity contribution < 1.29 is 9.53 Å². The molecule has 0 heterocycles. The zero-order valence-electron chi connectivity index (χ0n) is 12.6. The second kappa shape index (κ2) is 6.31. The second-order valence-corrected chi connectivity index (χ2v) is 5.92. The molecule has 0 amide bonds. The first-order valence-corrected chi connectivity index (χ1v) is 7.39. The van der Waals surface area contributed by atoms with E-state index >= 15 is 0 Å². The lowest BCUT2D eigenvalue weighted by atomic mass is 10.0. The number of Topliss-reactive ketones (excluding diaryl/α,β-unsaturated/α-hetero) is 1. The largest absolute Gasteiger partial charge is 0.496 e. The van der Waals surface area contributed by atoms with Crippen molar-refractivity contribution in [2.45, 2.75) is 6.92 Å². The van der Waals surface area contributed by atoms with Gasteiger partial charge in [-0.05, 0) is 45.8 Å². The first-order chi connectivity index (χ1) is 9.93.